The number of primary amides is 1. The Morgan fingerprint density at radius 2 is 1.33 bits per heavy atom. The van der Waals surface area contributed by atoms with Crippen molar-refractivity contribution in [3.05, 3.63) is 95.1 Å². The number of nitrogens with one attached hydrogen (secondary N) is 1. The maximum atomic E-state index is 13.2. The van der Waals surface area contributed by atoms with Gasteiger partial charge in [-0.25, -0.2) is 16.8 Å². The monoisotopic (exact) mass is 443 g/mol. The van der Waals surface area contributed by atoms with Crippen LogP contribution in [0.5, 0.6) is 0 Å². The molecule has 3 N–H and O–H groups in total. The Bertz CT molecular complexity index is 1230. The Labute approximate surface area is 173 Å². The van der Waals surface area contributed by atoms with E-state index in [9.17, 15) is 21.6 Å². The first-order valence-corrected chi connectivity index (χ1v) is 11.5. The molecule has 10 heteroatoms. The van der Waals surface area contributed by atoms with Crippen molar-refractivity contribution in [3.8, 4) is 0 Å². The molecule has 1 heterocycles. The standard InChI is InChI=1S/C20H17N3O5S2/c21-20(24)15-11-16(13-22-12-15)23-14-19(29(25,26)17-7-3-1-4-8-17)30(27,28)18-9-5-2-6-10-18/h1-14,23H,(H2,21,24). The summed E-state index contributed by atoms with van der Waals surface area (Å²) >= 11 is 0. The van der Waals surface area contributed by atoms with E-state index in [1.54, 1.807) is 12.1 Å². The first kappa shape index (κ1) is 21.2. The van der Waals surface area contributed by atoms with Gasteiger partial charge in [-0.15, -0.1) is 0 Å². The average molecular weight is 444 g/mol. The zero-order chi connectivity index (χ0) is 21.8. The number of nitrogens with zero attached hydrogens (tertiary/aromatic N) is 1. The van der Waals surface area contributed by atoms with Gasteiger partial charge in [0.2, 0.25) is 25.6 Å². The highest BCUT2D eigenvalue weighted by Crippen LogP contribution is 2.29. The van der Waals surface area contributed by atoms with Crippen molar-refractivity contribution in [3.63, 3.8) is 0 Å². The first-order chi connectivity index (χ1) is 14.2. The first-order valence-electron chi connectivity index (χ1n) is 8.55. The van der Waals surface area contributed by atoms with Crippen LogP contribution in [0.25, 0.3) is 0 Å². The summed E-state index contributed by atoms with van der Waals surface area (Å²) in [6.07, 6.45) is 3.40. The summed E-state index contributed by atoms with van der Waals surface area (Å²) in [5.41, 5.74) is 5.48. The van der Waals surface area contributed by atoms with Crippen molar-refractivity contribution >= 4 is 31.3 Å². The van der Waals surface area contributed by atoms with Gasteiger partial charge in [-0.05, 0) is 30.3 Å². The molecule has 1 amide bonds. The van der Waals surface area contributed by atoms with E-state index in [0.29, 0.717) is 0 Å². The Hall–Kier alpha value is -3.50. The molecule has 3 aromatic rings. The lowest BCUT2D eigenvalue weighted by molar-refractivity contribution is 0.1000. The molecule has 0 bridgehead atoms. The number of benzene rings is 2. The second kappa shape index (κ2) is 8.47. The number of pyridine rings is 1. The minimum atomic E-state index is -4.40. The molecule has 0 saturated heterocycles. The third-order valence-electron chi connectivity index (χ3n) is 4.02. The predicted octanol–water partition coefficient (Wildman–Crippen LogP) is 2.34. The zero-order valence-electron chi connectivity index (χ0n) is 15.5. The third kappa shape index (κ3) is 4.39. The highest BCUT2D eigenvalue weighted by Gasteiger charge is 2.33. The molecule has 0 aliphatic rings. The number of amides is 1. The lowest BCUT2D eigenvalue weighted by Crippen LogP contribution is -2.17. The largest absolute Gasteiger partial charge is 0.366 e. The van der Waals surface area contributed by atoms with Gasteiger partial charge in [-0.2, -0.15) is 0 Å². The van der Waals surface area contributed by atoms with Gasteiger partial charge >= 0.3 is 0 Å². The smallest absolute Gasteiger partial charge is 0.250 e. The van der Waals surface area contributed by atoms with Crippen molar-refractivity contribution in [1.29, 1.82) is 0 Å². The van der Waals surface area contributed by atoms with Crippen LogP contribution in [0.3, 0.4) is 0 Å². The average Bonchev–Trinajstić information content (AvgIpc) is 2.75. The summed E-state index contributed by atoms with van der Waals surface area (Å²) in [7, 11) is -8.81. The SMILES string of the molecule is NC(=O)c1cncc(NC=C(S(=O)(=O)c2ccccc2)S(=O)(=O)c2ccccc2)c1. The molecule has 1 aromatic heterocycles. The molecule has 30 heavy (non-hydrogen) atoms. The van der Waals surface area contributed by atoms with Gasteiger partial charge in [-0.3, -0.25) is 9.78 Å². The van der Waals surface area contributed by atoms with Crippen molar-refractivity contribution in [1.82, 2.24) is 4.98 Å². The van der Waals surface area contributed by atoms with Crippen molar-refractivity contribution in [2.75, 3.05) is 5.32 Å². The number of sulfone groups is 2. The molecular formula is C20H17N3O5S2. The van der Waals surface area contributed by atoms with E-state index in [-0.39, 0.29) is 21.0 Å². The van der Waals surface area contributed by atoms with Crippen LogP contribution in [0.1, 0.15) is 10.4 Å². The molecule has 2 aromatic carbocycles. The molecule has 0 aliphatic carbocycles. The Morgan fingerprint density at radius 1 is 0.833 bits per heavy atom. The lowest BCUT2D eigenvalue weighted by Gasteiger charge is -2.12. The van der Waals surface area contributed by atoms with Gasteiger partial charge in [0.25, 0.3) is 0 Å². The quantitative estimate of drug-likeness (QED) is 0.572. The van der Waals surface area contributed by atoms with E-state index < -0.39 is 29.8 Å². The van der Waals surface area contributed by atoms with Crippen molar-refractivity contribution in [2.24, 2.45) is 5.73 Å². The maximum absolute atomic E-state index is 13.2. The Morgan fingerprint density at radius 3 is 1.80 bits per heavy atom. The van der Waals surface area contributed by atoms with E-state index in [0.717, 1.165) is 6.20 Å². The summed E-state index contributed by atoms with van der Waals surface area (Å²) in [6, 6.07) is 15.8. The van der Waals surface area contributed by atoms with Gasteiger partial charge in [0.05, 0.1) is 27.2 Å². The molecule has 3 rings (SSSR count). The van der Waals surface area contributed by atoms with Gasteiger partial charge in [0, 0.05) is 12.4 Å². The highest BCUT2D eigenvalue weighted by molar-refractivity contribution is 8.14. The highest BCUT2D eigenvalue weighted by atomic mass is 32.3. The van der Waals surface area contributed by atoms with Crippen molar-refractivity contribution < 1.29 is 21.6 Å². The van der Waals surface area contributed by atoms with E-state index in [1.165, 1.54) is 67.0 Å². The summed E-state index contributed by atoms with van der Waals surface area (Å²) < 4.78 is 51.8. The van der Waals surface area contributed by atoms with Crippen LogP contribution in [0.4, 0.5) is 5.69 Å². The van der Waals surface area contributed by atoms with E-state index in [2.05, 4.69) is 10.3 Å². The Kier molecular flexibility index (Phi) is 5.99. The fourth-order valence-electron chi connectivity index (χ4n) is 2.53. The topological polar surface area (TPSA) is 136 Å². The molecule has 0 aliphatic heterocycles. The molecule has 0 fully saturated rings. The van der Waals surface area contributed by atoms with Crippen LogP contribution in [0.15, 0.2) is 99.4 Å². The summed E-state index contributed by atoms with van der Waals surface area (Å²) in [5.74, 6) is -0.732. The van der Waals surface area contributed by atoms with Crippen LogP contribution in [-0.4, -0.2) is 27.7 Å². The molecule has 0 saturated carbocycles. The van der Waals surface area contributed by atoms with Gasteiger partial charge in [0.15, 0.2) is 4.24 Å². The number of carbonyl (C=O) groups excluding carboxylic acids is 1. The number of hydrogen-bond acceptors (Lipinski definition) is 7. The van der Waals surface area contributed by atoms with E-state index in [4.69, 9.17) is 5.73 Å². The van der Waals surface area contributed by atoms with Crippen LogP contribution in [-0.2, 0) is 19.7 Å². The molecule has 154 valence electrons. The number of hydrogen-bond donors (Lipinski definition) is 2. The minimum Gasteiger partial charge on any atom is -0.366 e. The summed E-state index contributed by atoms with van der Waals surface area (Å²) in [6.45, 7) is 0. The number of anilines is 1. The molecule has 0 atom stereocenters. The van der Waals surface area contributed by atoms with E-state index >= 15 is 0 Å². The molecular weight excluding hydrogens is 426 g/mol. The van der Waals surface area contributed by atoms with Crippen LogP contribution in [0.2, 0.25) is 0 Å². The molecule has 0 spiro atoms. The zero-order valence-corrected chi connectivity index (χ0v) is 17.1. The normalized spacial score (nSPS) is 11.5. The number of aromatic nitrogens is 1. The van der Waals surface area contributed by atoms with Crippen LogP contribution in [0, 0.1) is 0 Å². The summed E-state index contributed by atoms with van der Waals surface area (Å²) in [5, 5.41) is 2.60. The predicted molar refractivity (Wildman–Crippen MR) is 112 cm³/mol. The maximum Gasteiger partial charge on any atom is 0.250 e. The minimum absolute atomic E-state index is 0.0757. The fourth-order valence-corrected chi connectivity index (χ4v) is 6.18. The van der Waals surface area contributed by atoms with Crippen LogP contribution < -0.4 is 11.1 Å². The van der Waals surface area contributed by atoms with Gasteiger partial charge in [0.1, 0.15) is 0 Å². The van der Waals surface area contributed by atoms with E-state index in [1.807, 2.05) is 0 Å². The summed E-state index contributed by atoms with van der Waals surface area (Å²) in [4.78, 5) is 14.8. The third-order valence-corrected chi connectivity index (χ3v) is 8.41. The van der Waals surface area contributed by atoms with Gasteiger partial charge < -0.3 is 11.1 Å². The fraction of sp³-hybridized carbons (Fsp3) is 0. The van der Waals surface area contributed by atoms with Crippen LogP contribution >= 0.6 is 0 Å². The number of carbonyl (C=O) groups is 1. The lowest BCUT2D eigenvalue weighted by atomic mass is 10.2. The Balaban J connectivity index is 2.14. The second-order valence-corrected chi connectivity index (χ2v) is 10.2. The second-order valence-electron chi connectivity index (χ2n) is 6.07. The van der Waals surface area contributed by atoms with Gasteiger partial charge in [-0.1, -0.05) is 36.4 Å². The van der Waals surface area contributed by atoms with Crippen molar-refractivity contribution in [2.45, 2.75) is 9.79 Å². The molecule has 0 unspecified atom stereocenters. The number of rotatable bonds is 7. The molecule has 8 nitrogen and oxygen atoms in total. The number of nitrogens with two attached hydrogens (primary N) is 1. The molecule has 0 radical (unpaired) electrons.